The summed E-state index contributed by atoms with van der Waals surface area (Å²) in [5.74, 6) is 1.76. The van der Waals surface area contributed by atoms with Crippen molar-refractivity contribution in [2.45, 2.75) is 59.4 Å². The van der Waals surface area contributed by atoms with E-state index in [0.29, 0.717) is 5.92 Å². The minimum atomic E-state index is -0.721. The van der Waals surface area contributed by atoms with Crippen molar-refractivity contribution in [1.82, 2.24) is 5.32 Å². The molecule has 0 aliphatic heterocycles. The summed E-state index contributed by atoms with van der Waals surface area (Å²) in [6.07, 6.45) is 5.12. The summed E-state index contributed by atoms with van der Waals surface area (Å²) in [5.41, 5.74) is 0. The Balaban J connectivity index is 2.31. The molecule has 0 unspecified atom stereocenters. The van der Waals surface area contributed by atoms with E-state index in [1.807, 2.05) is 13.8 Å². The molecule has 0 radical (unpaired) electrons. The van der Waals surface area contributed by atoms with Crippen molar-refractivity contribution in [3.05, 3.63) is 0 Å². The SMILES string of the molecule is CC(C)C1CCC(CN[C@@H](C(=O)O)C(C)C)CC1. The van der Waals surface area contributed by atoms with E-state index in [-0.39, 0.29) is 5.92 Å². The molecular weight excluding hydrogens is 226 g/mol. The summed E-state index contributed by atoms with van der Waals surface area (Å²) in [4.78, 5) is 11.1. The molecular formula is C15H29NO2. The van der Waals surface area contributed by atoms with Gasteiger partial charge in [-0.25, -0.2) is 0 Å². The molecule has 0 saturated heterocycles. The van der Waals surface area contributed by atoms with Crippen molar-refractivity contribution >= 4 is 5.97 Å². The molecule has 0 heterocycles. The molecule has 0 aromatic heterocycles. The molecule has 0 aromatic rings. The van der Waals surface area contributed by atoms with Crippen LogP contribution in [0.3, 0.4) is 0 Å². The number of hydrogen-bond donors (Lipinski definition) is 2. The monoisotopic (exact) mass is 255 g/mol. The minimum Gasteiger partial charge on any atom is -0.480 e. The second-order valence-electron chi connectivity index (χ2n) is 6.49. The van der Waals surface area contributed by atoms with E-state index in [1.54, 1.807) is 0 Å². The summed E-state index contributed by atoms with van der Waals surface area (Å²) in [6, 6.07) is -0.396. The van der Waals surface area contributed by atoms with Crippen LogP contribution in [-0.2, 0) is 4.79 Å². The van der Waals surface area contributed by atoms with Crippen molar-refractivity contribution < 1.29 is 9.90 Å². The van der Waals surface area contributed by atoms with Gasteiger partial charge < -0.3 is 10.4 Å². The van der Waals surface area contributed by atoms with Crippen LogP contribution in [0.25, 0.3) is 0 Å². The van der Waals surface area contributed by atoms with Crippen LogP contribution >= 0.6 is 0 Å². The fourth-order valence-corrected chi connectivity index (χ4v) is 2.96. The van der Waals surface area contributed by atoms with Gasteiger partial charge in [0.05, 0.1) is 0 Å². The van der Waals surface area contributed by atoms with Crippen LogP contribution < -0.4 is 5.32 Å². The Bertz CT molecular complexity index is 255. The van der Waals surface area contributed by atoms with Crippen molar-refractivity contribution in [2.75, 3.05) is 6.54 Å². The summed E-state index contributed by atoms with van der Waals surface area (Å²) < 4.78 is 0. The third kappa shape index (κ3) is 4.60. The molecule has 1 atom stereocenters. The van der Waals surface area contributed by atoms with E-state index in [4.69, 9.17) is 5.11 Å². The van der Waals surface area contributed by atoms with E-state index < -0.39 is 12.0 Å². The number of aliphatic carboxylic acids is 1. The maximum atomic E-state index is 11.1. The first-order valence-electron chi connectivity index (χ1n) is 7.38. The van der Waals surface area contributed by atoms with Crippen molar-refractivity contribution in [3.63, 3.8) is 0 Å². The number of nitrogens with one attached hydrogen (secondary N) is 1. The Morgan fingerprint density at radius 2 is 1.72 bits per heavy atom. The zero-order chi connectivity index (χ0) is 13.7. The molecule has 0 aromatic carbocycles. The lowest BCUT2D eigenvalue weighted by Gasteiger charge is -2.32. The fourth-order valence-electron chi connectivity index (χ4n) is 2.96. The van der Waals surface area contributed by atoms with Gasteiger partial charge in [-0.3, -0.25) is 4.79 Å². The summed E-state index contributed by atoms with van der Waals surface area (Å²) in [5, 5.41) is 12.4. The van der Waals surface area contributed by atoms with Crippen molar-refractivity contribution in [2.24, 2.45) is 23.7 Å². The normalized spacial score (nSPS) is 26.6. The Morgan fingerprint density at radius 1 is 1.17 bits per heavy atom. The second-order valence-corrected chi connectivity index (χ2v) is 6.49. The lowest BCUT2D eigenvalue weighted by atomic mass is 9.77. The average Bonchev–Trinajstić information content (AvgIpc) is 2.28. The maximum absolute atomic E-state index is 11.1. The Kier molecular flexibility index (Phi) is 6.13. The highest BCUT2D eigenvalue weighted by molar-refractivity contribution is 5.73. The fraction of sp³-hybridized carbons (Fsp3) is 0.933. The van der Waals surface area contributed by atoms with Crippen LogP contribution in [0.4, 0.5) is 0 Å². The molecule has 18 heavy (non-hydrogen) atoms. The Morgan fingerprint density at radius 3 is 2.11 bits per heavy atom. The third-order valence-electron chi connectivity index (χ3n) is 4.39. The van der Waals surface area contributed by atoms with Gasteiger partial charge in [-0.05, 0) is 55.9 Å². The minimum absolute atomic E-state index is 0.148. The maximum Gasteiger partial charge on any atom is 0.320 e. The van der Waals surface area contributed by atoms with E-state index in [0.717, 1.165) is 18.4 Å². The molecule has 0 amide bonds. The number of hydrogen-bond acceptors (Lipinski definition) is 2. The lowest BCUT2D eigenvalue weighted by Crippen LogP contribution is -2.43. The molecule has 106 valence electrons. The highest BCUT2D eigenvalue weighted by atomic mass is 16.4. The van der Waals surface area contributed by atoms with Gasteiger partial charge in [0, 0.05) is 0 Å². The summed E-state index contributed by atoms with van der Waals surface area (Å²) >= 11 is 0. The molecule has 0 spiro atoms. The lowest BCUT2D eigenvalue weighted by molar-refractivity contribution is -0.140. The Labute approximate surface area is 111 Å². The largest absolute Gasteiger partial charge is 0.480 e. The number of carboxylic acid groups (broad SMARTS) is 1. The van der Waals surface area contributed by atoms with Gasteiger partial charge in [0.2, 0.25) is 0 Å². The molecule has 1 aliphatic carbocycles. The summed E-state index contributed by atoms with van der Waals surface area (Å²) in [7, 11) is 0. The predicted molar refractivity (Wildman–Crippen MR) is 74.6 cm³/mol. The molecule has 3 heteroatoms. The molecule has 0 bridgehead atoms. The first-order chi connectivity index (χ1) is 8.41. The number of carbonyl (C=O) groups is 1. The quantitative estimate of drug-likeness (QED) is 0.766. The van der Waals surface area contributed by atoms with Crippen LogP contribution in [0, 0.1) is 23.7 Å². The van der Waals surface area contributed by atoms with Gasteiger partial charge in [0.1, 0.15) is 6.04 Å². The van der Waals surface area contributed by atoms with Gasteiger partial charge >= 0.3 is 5.97 Å². The highest BCUT2D eigenvalue weighted by Crippen LogP contribution is 2.32. The first kappa shape index (κ1) is 15.5. The molecule has 1 aliphatic rings. The van der Waals surface area contributed by atoms with Crippen LogP contribution in [0.5, 0.6) is 0 Å². The number of carboxylic acids is 1. The zero-order valence-electron chi connectivity index (χ0n) is 12.3. The molecule has 3 nitrogen and oxygen atoms in total. The summed E-state index contributed by atoms with van der Waals surface area (Å²) in [6.45, 7) is 9.40. The van der Waals surface area contributed by atoms with Gasteiger partial charge in [0.15, 0.2) is 0 Å². The third-order valence-corrected chi connectivity index (χ3v) is 4.39. The second kappa shape index (κ2) is 7.13. The van der Waals surface area contributed by atoms with E-state index in [9.17, 15) is 4.79 Å². The van der Waals surface area contributed by atoms with Crippen LogP contribution in [0.15, 0.2) is 0 Å². The molecule has 1 saturated carbocycles. The topological polar surface area (TPSA) is 49.3 Å². The van der Waals surface area contributed by atoms with Crippen LogP contribution in [0.1, 0.15) is 53.4 Å². The van der Waals surface area contributed by atoms with E-state index >= 15 is 0 Å². The molecule has 2 N–H and O–H groups in total. The first-order valence-corrected chi connectivity index (χ1v) is 7.38. The number of rotatable bonds is 6. The van der Waals surface area contributed by atoms with Crippen molar-refractivity contribution in [1.29, 1.82) is 0 Å². The van der Waals surface area contributed by atoms with Gasteiger partial charge in [-0.1, -0.05) is 27.7 Å². The van der Waals surface area contributed by atoms with Gasteiger partial charge in [-0.2, -0.15) is 0 Å². The van der Waals surface area contributed by atoms with E-state index in [2.05, 4.69) is 19.2 Å². The predicted octanol–water partition coefficient (Wildman–Crippen LogP) is 3.15. The Hall–Kier alpha value is -0.570. The van der Waals surface area contributed by atoms with Crippen LogP contribution in [-0.4, -0.2) is 23.7 Å². The highest BCUT2D eigenvalue weighted by Gasteiger charge is 2.26. The molecule has 1 rings (SSSR count). The van der Waals surface area contributed by atoms with Crippen molar-refractivity contribution in [3.8, 4) is 0 Å². The van der Waals surface area contributed by atoms with Gasteiger partial charge in [-0.15, -0.1) is 0 Å². The van der Waals surface area contributed by atoms with E-state index in [1.165, 1.54) is 25.7 Å². The molecule has 1 fully saturated rings. The standard InChI is InChI=1S/C15H29NO2/c1-10(2)13-7-5-12(6-8-13)9-16-14(11(3)4)15(17)18/h10-14,16H,5-9H2,1-4H3,(H,17,18)/t12?,13?,14-/m1/s1. The zero-order valence-corrected chi connectivity index (χ0v) is 12.3. The smallest absolute Gasteiger partial charge is 0.320 e. The van der Waals surface area contributed by atoms with Gasteiger partial charge in [0.25, 0.3) is 0 Å². The van der Waals surface area contributed by atoms with Crippen LogP contribution in [0.2, 0.25) is 0 Å². The average molecular weight is 255 g/mol.